The first kappa shape index (κ1) is 18.4. The minimum Gasteiger partial charge on any atom is -0.343 e. The zero-order valence-electron chi connectivity index (χ0n) is 16.0. The average molecular weight is 370 g/mol. The van der Waals surface area contributed by atoms with E-state index in [4.69, 9.17) is 0 Å². The van der Waals surface area contributed by atoms with Crippen LogP contribution in [0.2, 0.25) is 0 Å². The van der Waals surface area contributed by atoms with Crippen LogP contribution in [0.3, 0.4) is 0 Å². The molecule has 0 spiro atoms. The van der Waals surface area contributed by atoms with Gasteiger partial charge in [0.1, 0.15) is 0 Å². The van der Waals surface area contributed by atoms with Gasteiger partial charge in [-0.1, -0.05) is 0 Å². The lowest BCUT2D eigenvalue weighted by atomic mass is 9.79. The van der Waals surface area contributed by atoms with Crippen LogP contribution in [0.1, 0.15) is 48.9 Å². The summed E-state index contributed by atoms with van der Waals surface area (Å²) in [5.41, 5.74) is 0.679. The standard InChI is InChI=1S/C21H30N4O2/c26-20(24-9-1-2-10-24)7-3-6-19-18-11-16(12-23-19)14-25(15-18)21(27)17-5-4-8-22-13-17/h4-5,8,13,16,18-19,23H,1-3,6-7,9-12,14-15H2/t16?,18?,19-/m1/s1. The van der Waals surface area contributed by atoms with Gasteiger partial charge in [0.25, 0.3) is 5.91 Å². The van der Waals surface area contributed by atoms with Crippen LogP contribution in [0.25, 0.3) is 0 Å². The van der Waals surface area contributed by atoms with Crippen molar-refractivity contribution in [2.75, 3.05) is 32.7 Å². The molecule has 3 fully saturated rings. The number of amides is 2. The maximum Gasteiger partial charge on any atom is 0.255 e. The van der Waals surface area contributed by atoms with Crippen LogP contribution in [-0.2, 0) is 4.79 Å². The van der Waals surface area contributed by atoms with Gasteiger partial charge in [-0.15, -0.1) is 0 Å². The highest BCUT2D eigenvalue weighted by molar-refractivity contribution is 5.94. The molecule has 4 rings (SSSR count). The lowest BCUT2D eigenvalue weighted by Crippen LogP contribution is -2.57. The molecule has 1 aromatic rings. The fourth-order valence-corrected chi connectivity index (χ4v) is 4.94. The minimum atomic E-state index is 0.0997. The Morgan fingerprint density at radius 1 is 1.19 bits per heavy atom. The predicted octanol–water partition coefficient (Wildman–Crippen LogP) is 1.92. The number of hydrogen-bond acceptors (Lipinski definition) is 4. The van der Waals surface area contributed by atoms with Crippen molar-refractivity contribution in [1.29, 1.82) is 0 Å². The number of nitrogens with one attached hydrogen (secondary N) is 1. The number of fused-ring (bicyclic) bond motifs is 2. The molecular weight excluding hydrogens is 340 g/mol. The number of carbonyl (C=O) groups excluding carboxylic acids is 2. The van der Waals surface area contributed by atoms with Gasteiger partial charge in [-0.25, -0.2) is 0 Å². The molecule has 3 aliphatic heterocycles. The molecule has 27 heavy (non-hydrogen) atoms. The first-order chi connectivity index (χ1) is 13.2. The third kappa shape index (κ3) is 4.32. The summed E-state index contributed by atoms with van der Waals surface area (Å²) in [4.78, 5) is 33.2. The number of rotatable bonds is 5. The highest BCUT2D eigenvalue weighted by Crippen LogP contribution is 2.31. The summed E-state index contributed by atoms with van der Waals surface area (Å²) in [6.45, 7) is 4.49. The van der Waals surface area contributed by atoms with Gasteiger partial charge < -0.3 is 15.1 Å². The van der Waals surface area contributed by atoms with Crippen LogP contribution >= 0.6 is 0 Å². The van der Waals surface area contributed by atoms with E-state index in [2.05, 4.69) is 10.3 Å². The van der Waals surface area contributed by atoms with Gasteiger partial charge >= 0.3 is 0 Å². The number of nitrogens with zero attached hydrogens (tertiary/aromatic N) is 3. The second-order valence-electron chi connectivity index (χ2n) is 8.31. The summed E-state index contributed by atoms with van der Waals surface area (Å²) in [5.74, 6) is 1.44. The molecule has 3 saturated heterocycles. The summed E-state index contributed by atoms with van der Waals surface area (Å²) < 4.78 is 0. The van der Waals surface area contributed by atoms with E-state index in [1.807, 2.05) is 21.9 Å². The highest BCUT2D eigenvalue weighted by atomic mass is 16.2. The van der Waals surface area contributed by atoms with Gasteiger partial charge in [0.2, 0.25) is 5.91 Å². The van der Waals surface area contributed by atoms with Crippen LogP contribution in [0, 0.1) is 11.8 Å². The second-order valence-corrected chi connectivity index (χ2v) is 8.31. The molecule has 1 aromatic heterocycles. The number of pyridine rings is 1. The molecule has 0 saturated carbocycles. The van der Waals surface area contributed by atoms with E-state index >= 15 is 0 Å². The van der Waals surface area contributed by atoms with Gasteiger partial charge in [0.15, 0.2) is 0 Å². The van der Waals surface area contributed by atoms with Crippen LogP contribution in [0.5, 0.6) is 0 Å². The molecule has 6 heteroatoms. The van der Waals surface area contributed by atoms with E-state index in [0.717, 1.165) is 58.4 Å². The fourth-order valence-electron chi connectivity index (χ4n) is 4.94. The van der Waals surface area contributed by atoms with Crippen molar-refractivity contribution < 1.29 is 9.59 Å². The quantitative estimate of drug-likeness (QED) is 0.860. The molecule has 0 radical (unpaired) electrons. The molecule has 146 valence electrons. The van der Waals surface area contributed by atoms with Crippen molar-refractivity contribution in [2.24, 2.45) is 11.8 Å². The van der Waals surface area contributed by atoms with E-state index in [1.54, 1.807) is 12.4 Å². The van der Waals surface area contributed by atoms with Gasteiger partial charge in [0.05, 0.1) is 5.56 Å². The maximum atomic E-state index is 12.8. The van der Waals surface area contributed by atoms with Crippen molar-refractivity contribution in [3.63, 3.8) is 0 Å². The third-order valence-electron chi connectivity index (χ3n) is 6.37. The van der Waals surface area contributed by atoms with E-state index in [9.17, 15) is 9.59 Å². The van der Waals surface area contributed by atoms with Gasteiger partial charge in [-0.05, 0) is 62.6 Å². The second kappa shape index (κ2) is 8.38. The Balaban J connectivity index is 1.29. The van der Waals surface area contributed by atoms with Crippen molar-refractivity contribution in [2.45, 2.75) is 44.6 Å². The first-order valence-electron chi connectivity index (χ1n) is 10.4. The number of piperidine rings is 2. The van der Waals surface area contributed by atoms with Crippen molar-refractivity contribution >= 4 is 11.8 Å². The molecule has 0 aliphatic carbocycles. The smallest absolute Gasteiger partial charge is 0.255 e. The monoisotopic (exact) mass is 370 g/mol. The maximum absolute atomic E-state index is 12.8. The molecular formula is C21H30N4O2. The molecule has 0 aromatic carbocycles. The van der Waals surface area contributed by atoms with Gasteiger partial charge in [-0.2, -0.15) is 0 Å². The van der Waals surface area contributed by atoms with Crippen molar-refractivity contribution in [3.8, 4) is 0 Å². The topological polar surface area (TPSA) is 65.5 Å². The number of aromatic nitrogens is 1. The Morgan fingerprint density at radius 3 is 2.81 bits per heavy atom. The lowest BCUT2D eigenvalue weighted by molar-refractivity contribution is -0.130. The van der Waals surface area contributed by atoms with Crippen LogP contribution in [0.15, 0.2) is 24.5 Å². The Kier molecular flexibility index (Phi) is 5.72. The van der Waals surface area contributed by atoms with Crippen LogP contribution in [0.4, 0.5) is 0 Å². The summed E-state index contributed by atoms with van der Waals surface area (Å²) in [6.07, 6.45) is 9.47. The van der Waals surface area contributed by atoms with E-state index < -0.39 is 0 Å². The SMILES string of the molecule is O=C(CCC[C@H]1NCC2CC1CN(C(=O)c1cccnc1)C2)N1CCCC1. The molecule has 6 nitrogen and oxygen atoms in total. The van der Waals surface area contributed by atoms with Crippen molar-refractivity contribution in [1.82, 2.24) is 20.1 Å². The lowest BCUT2D eigenvalue weighted by Gasteiger charge is -2.46. The number of hydrogen-bond donors (Lipinski definition) is 1. The van der Waals surface area contributed by atoms with Crippen LogP contribution in [-0.4, -0.2) is 65.4 Å². The fraction of sp³-hybridized carbons (Fsp3) is 0.667. The van der Waals surface area contributed by atoms with Crippen molar-refractivity contribution in [3.05, 3.63) is 30.1 Å². The molecule has 2 unspecified atom stereocenters. The largest absolute Gasteiger partial charge is 0.343 e. The Hall–Kier alpha value is -1.95. The molecule has 2 amide bonds. The average Bonchev–Trinajstić information content (AvgIpc) is 3.24. The third-order valence-corrected chi connectivity index (χ3v) is 6.37. The molecule has 3 atom stereocenters. The number of carbonyl (C=O) groups is 2. The molecule has 4 heterocycles. The summed E-state index contributed by atoms with van der Waals surface area (Å²) in [5, 5.41) is 3.69. The predicted molar refractivity (Wildman–Crippen MR) is 103 cm³/mol. The Morgan fingerprint density at radius 2 is 2.04 bits per heavy atom. The number of likely N-dealkylation sites (tertiary alicyclic amines) is 2. The summed E-state index contributed by atoms with van der Waals surface area (Å²) in [7, 11) is 0. The zero-order chi connectivity index (χ0) is 18.6. The van der Waals surface area contributed by atoms with E-state index in [-0.39, 0.29) is 5.91 Å². The first-order valence-corrected chi connectivity index (χ1v) is 10.4. The molecule has 3 aliphatic rings. The van der Waals surface area contributed by atoms with Crippen LogP contribution < -0.4 is 5.32 Å². The molecule has 2 bridgehead atoms. The summed E-state index contributed by atoms with van der Waals surface area (Å²) >= 11 is 0. The van der Waals surface area contributed by atoms with Gasteiger partial charge in [-0.3, -0.25) is 14.6 Å². The van der Waals surface area contributed by atoms with E-state index in [0.29, 0.717) is 35.8 Å². The van der Waals surface area contributed by atoms with Gasteiger partial charge in [0, 0.05) is 51.0 Å². The van der Waals surface area contributed by atoms with E-state index in [1.165, 1.54) is 6.42 Å². The Bertz CT molecular complexity index is 659. The minimum absolute atomic E-state index is 0.0997. The Labute approximate surface area is 161 Å². The molecule has 1 N–H and O–H groups in total. The highest BCUT2D eigenvalue weighted by Gasteiger charge is 2.38. The zero-order valence-corrected chi connectivity index (χ0v) is 16.0. The normalized spacial score (nSPS) is 27.6. The summed E-state index contributed by atoms with van der Waals surface area (Å²) in [6, 6.07) is 4.08.